The van der Waals surface area contributed by atoms with Gasteiger partial charge in [-0.3, -0.25) is 10.1 Å². The summed E-state index contributed by atoms with van der Waals surface area (Å²) >= 11 is 0. The van der Waals surface area contributed by atoms with Gasteiger partial charge in [-0.2, -0.15) is 5.10 Å². The van der Waals surface area contributed by atoms with E-state index in [-0.39, 0.29) is 0 Å². The Morgan fingerprint density at radius 3 is 2.63 bits per heavy atom. The van der Waals surface area contributed by atoms with E-state index in [1.807, 2.05) is 31.3 Å². The van der Waals surface area contributed by atoms with Crippen LogP contribution in [0.4, 0.5) is 5.82 Å². The van der Waals surface area contributed by atoms with Crippen molar-refractivity contribution in [3.63, 3.8) is 0 Å². The quantitative estimate of drug-likeness (QED) is 0.750. The first-order valence-electron chi connectivity index (χ1n) is 5.97. The van der Waals surface area contributed by atoms with Crippen LogP contribution in [-0.2, 0) is 0 Å². The number of rotatable bonds is 3. The molecule has 3 rings (SSSR count). The van der Waals surface area contributed by atoms with Crippen LogP contribution in [0.15, 0.2) is 48.9 Å². The molecule has 0 radical (unpaired) electrons. The van der Waals surface area contributed by atoms with Crippen LogP contribution in [0.3, 0.4) is 0 Å². The Morgan fingerprint density at radius 1 is 1.00 bits per heavy atom. The van der Waals surface area contributed by atoms with Crippen molar-refractivity contribution in [3.05, 3.63) is 48.9 Å². The number of hydrogen-bond donors (Lipinski definition) is 2. The Balaban J connectivity index is 2.09. The lowest BCUT2D eigenvalue weighted by atomic mass is 10.1. The number of nitrogens with zero attached hydrogens (tertiary/aromatic N) is 3. The molecule has 0 saturated heterocycles. The molecule has 0 saturated carbocycles. The fourth-order valence-electron chi connectivity index (χ4n) is 1.98. The second-order valence-corrected chi connectivity index (χ2v) is 4.05. The second-order valence-electron chi connectivity index (χ2n) is 4.05. The van der Waals surface area contributed by atoms with Crippen LogP contribution < -0.4 is 5.32 Å². The zero-order valence-corrected chi connectivity index (χ0v) is 10.5. The smallest absolute Gasteiger partial charge is 0.152 e. The minimum absolute atomic E-state index is 0.768. The van der Waals surface area contributed by atoms with Crippen LogP contribution in [0.25, 0.3) is 22.5 Å². The van der Waals surface area contributed by atoms with E-state index in [9.17, 15) is 0 Å². The largest absolute Gasteiger partial charge is 0.371 e. The van der Waals surface area contributed by atoms with Crippen LogP contribution >= 0.6 is 0 Å². The van der Waals surface area contributed by atoms with E-state index in [1.165, 1.54) is 0 Å². The molecule has 0 fully saturated rings. The summed E-state index contributed by atoms with van der Waals surface area (Å²) in [6.45, 7) is 0. The first-order valence-corrected chi connectivity index (χ1v) is 5.97. The lowest BCUT2D eigenvalue weighted by Gasteiger charge is -2.07. The molecular formula is C14H13N5. The SMILES string of the molecule is CNc1nccnc1-c1cccc(-c2ccn[nH]2)c1. The lowest BCUT2D eigenvalue weighted by Crippen LogP contribution is -1.97. The monoisotopic (exact) mass is 251 g/mol. The van der Waals surface area contributed by atoms with E-state index in [0.29, 0.717) is 0 Å². The molecule has 94 valence electrons. The van der Waals surface area contributed by atoms with Crippen molar-refractivity contribution < 1.29 is 0 Å². The number of benzene rings is 1. The third kappa shape index (κ3) is 2.18. The van der Waals surface area contributed by atoms with Gasteiger partial charge in [0.1, 0.15) is 5.69 Å². The summed E-state index contributed by atoms with van der Waals surface area (Å²) in [5.74, 6) is 0.768. The van der Waals surface area contributed by atoms with E-state index in [2.05, 4.69) is 31.5 Å². The van der Waals surface area contributed by atoms with Gasteiger partial charge in [0.05, 0.1) is 5.69 Å². The van der Waals surface area contributed by atoms with Crippen molar-refractivity contribution in [2.45, 2.75) is 0 Å². The van der Waals surface area contributed by atoms with E-state index >= 15 is 0 Å². The molecule has 0 aliphatic carbocycles. The zero-order chi connectivity index (χ0) is 13.1. The Hall–Kier alpha value is -2.69. The van der Waals surface area contributed by atoms with Gasteiger partial charge in [0.15, 0.2) is 5.82 Å². The summed E-state index contributed by atoms with van der Waals surface area (Å²) in [6.07, 6.45) is 5.11. The van der Waals surface area contributed by atoms with Gasteiger partial charge in [0, 0.05) is 36.8 Å². The van der Waals surface area contributed by atoms with E-state index in [4.69, 9.17) is 0 Å². The van der Waals surface area contributed by atoms with Crippen molar-refractivity contribution in [2.24, 2.45) is 0 Å². The highest BCUT2D eigenvalue weighted by molar-refractivity contribution is 5.75. The summed E-state index contributed by atoms with van der Waals surface area (Å²) < 4.78 is 0. The van der Waals surface area contributed by atoms with Crippen molar-refractivity contribution in [3.8, 4) is 22.5 Å². The molecule has 0 amide bonds. The fourth-order valence-corrected chi connectivity index (χ4v) is 1.98. The van der Waals surface area contributed by atoms with E-state index in [1.54, 1.807) is 18.6 Å². The van der Waals surface area contributed by atoms with Crippen molar-refractivity contribution >= 4 is 5.82 Å². The third-order valence-electron chi connectivity index (χ3n) is 2.88. The molecular weight excluding hydrogens is 238 g/mol. The van der Waals surface area contributed by atoms with Gasteiger partial charge in [-0.05, 0) is 12.1 Å². The van der Waals surface area contributed by atoms with Crippen molar-refractivity contribution in [2.75, 3.05) is 12.4 Å². The maximum atomic E-state index is 4.39. The topological polar surface area (TPSA) is 66.5 Å². The Bertz CT molecular complexity index is 676. The highest BCUT2D eigenvalue weighted by atomic mass is 15.1. The van der Waals surface area contributed by atoms with Gasteiger partial charge >= 0.3 is 0 Å². The van der Waals surface area contributed by atoms with Crippen LogP contribution in [-0.4, -0.2) is 27.2 Å². The molecule has 2 aromatic heterocycles. The molecule has 19 heavy (non-hydrogen) atoms. The van der Waals surface area contributed by atoms with Gasteiger partial charge in [0.2, 0.25) is 0 Å². The predicted octanol–water partition coefficient (Wildman–Crippen LogP) is 2.58. The normalized spacial score (nSPS) is 10.4. The second kappa shape index (κ2) is 4.89. The summed E-state index contributed by atoms with van der Waals surface area (Å²) in [6, 6.07) is 10.1. The van der Waals surface area contributed by atoms with Crippen LogP contribution in [0.5, 0.6) is 0 Å². The molecule has 2 N–H and O–H groups in total. The molecule has 0 unspecified atom stereocenters. The zero-order valence-electron chi connectivity index (χ0n) is 10.5. The van der Waals surface area contributed by atoms with Gasteiger partial charge in [-0.15, -0.1) is 0 Å². The average Bonchev–Trinajstić information content (AvgIpc) is 3.01. The predicted molar refractivity (Wildman–Crippen MR) is 74.6 cm³/mol. The minimum atomic E-state index is 0.768. The molecule has 0 atom stereocenters. The Kier molecular flexibility index (Phi) is 2.94. The van der Waals surface area contributed by atoms with Gasteiger partial charge in [-0.25, -0.2) is 4.98 Å². The first kappa shape index (κ1) is 11.4. The molecule has 0 aliphatic rings. The highest BCUT2D eigenvalue weighted by Gasteiger charge is 2.08. The van der Waals surface area contributed by atoms with E-state index < -0.39 is 0 Å². The van der Waals surface area contributed by atoms with Crippen molar-refractivity contribution in [1.29, 1.82) is 0 Å². The van der Waals surface area contributed by atoms with Crippen LogP contribution in [0.1, 0.15) is 0 Å². The number of anilines is 1. The Labute approximate surface area is 110 Å². The van der Waals surface area contributed by atoms with Crippen molar-refractivity contribution in [1.82, 2.24) is 20.2 Å². The van der Waals surface area contributed by atoms with E-state index in [0.717, 1.165) is 28.3 Å². The summed E-state index contributed by atoms with van der Waals surface area (Å²) in [4.78, 5) is 8.66. The molecule has 0 bridgehead atoms. The number of aromatic nitrogens is 4. The number of nitrogens with one attached hydrogen (secondary N) is 2. The third-order valence-corrected chi connectivity index (χ3v) is 2.88. The standard InChI is InChI=1S/C14H13N5/c1-15-14-13(16-7-8-17-14)11-4-2-3-10(9-11)12-5-6-18-19-12/h2-9H,1H3,(H,15,17)(H,18,19). The molecule has 1 aromatic carbocycles. The number of aromatic amines is 1. The van der Waals surface area contributed by atoms with Gasteiger partial charge < -0.3 is 5.32 Å². The molecule has 3 aromatic rings. The lowest BCUT2D eigenvalue weighted by molar-refractivity contribution is 1.10. The average molecular weight is 251 g/mol. The molecule has 2 heterocycles. The first-order chi connectivity index (χ1) is 9.38. The summed E-state index contributed by atoms with van der Waals surface area (Å²) in [5, 5.41) is 9.98. The fraction of sp³-hybridized carbons (Fsp3) is 0.0714. The molecule has 5 heteroatoms. The Morgan fingerprint density at radius 2 is 1.84 bits per heavy atom. The molecule has 0 aliphatic heterocycles. The van der Waals surface area contributed by atoms with Crippen LogP contribution in [0, 0.1) is 0 Å². The number of H-pyrrole nitrogens is 1. The summed E-state index contributed by atoms with van der Waals surface area (Å²) in [7, 11) is 1.84. The molecule has 5 nitrogen and oxygen atoms in total. The summed E-state index contributed by atoms with van der Waals surface area (Å²) in [5.41, 5.74) is 3.91. The van der Waals surface area contributed by atoms with Crippen LogP contribution in [0.2, 0.25) is 0 Å². The molecule has 0 spiro atoms. The van der Waals surface area contributed by atoms with Gasteiger partial charge in [0.25, 0.3) is 0 Å². The minimum Gasteiger partial charge on any atom is -0.371 e. The highest BCUT2D eigenvalue weighted by Crippen LogP contribution is 2.27. The maximum Gasteiger partial charge on any atom is 0.152 e. The number of hydrogen-bond acceptors (Lipinski definition) is 4. The van der Waals surface area contributed by atoms with Gasteiger partial charge in [-0.1, -0.05) is 18.2 Å². The maximum absolute atomic E-state index is 4.39.